The fourth-order valence-electron chi connectivity index (χ4n) is 2.11. The van der Waals surface area contributed by atoms with Gasteiger partial charge < -0.3 is 10.1 Å². The molecule has 0 radical (unpaired) electrons. The number of hydrogen-bond donors (Lipinski definition) is 1. The molecule has 0 bridgehead atoms. The Hall–Kier alpha value is -1.58. The zero-order valence-corrected chi connectivity index (χ0v) is 12.8. The van der Waals surface area contributed by atoms with Gasteiger partial charge in [0.1, 0.15) is 5.82 Å². The topological polar surface area (TPSA) is 51.2 Å². The maximum absolute atomic E-state index is 11.5. The zero-order chi connectivity index (χ0) is 14.8. The lowest BCUT2D eigenvalue weighted by Gasteiger charge is -2.18. The van der Waals surface area contributed by atoms with Crippen molar-refractivity contribution in [3.05, 3.63) is 23.9 Å². The van der Waals surface area contributed by atoms with Gasteiger partial charge in [-0.05, 0) is 31.9 Å². The van der Waals surface area contributed by atoms with Crippen LogP contribution < -0.4 is 5.32 Å². The van der Waals surface area contributed by atoms with Crippen LogP contribution in [-0.4, -0.2) is 23.6 Å². The second-order valence-electron chi connectivity index (χ2n) is 4.92. The molecule has 1 heterocycles. The summed E-state index contributed by atoms with van der Waals surface area (Å²) < 4.78 is 4.94. The first kappa shape index (κ1) is 16.5. The molecule has 20 heavy (non-hydrogen) atoms. The lowest BCUT2D eigenvalue weighted by Crippen LogP contribution is -2.20. The summed E-state index contributed by atoms with van der Waals surface area (Å²) >= 11 is 0. The molecule has 0 fully saturated rings. The third-order valence-corrected chi connectivity index (χ3v) is 3.17. The zero-order valence-electron chi connectivity index (χ0n) is 12.8. The number of hydrogen-bond acceptors (Lipinski definition) is 4. The smallest absolute Gasteiger partial charge is 0.339 e. The summed E-state index contributed by atoms with van der Waals surface area (Å²) in [6.07, 6.45) is 7.45. The highest BCUT2D eigenvalue weighted by molar-refractivity contribution is 5.89. The van der Waals surface area contributed by atoms with Gasteiger partial charge in [-0.2, -0.15) is 0 Å². The second-order valence-corrected chi connectivity index (χ2v) is 4.92. The predicted molar refractivity (Wildman–Crippen MR) is 82.0 cm³/mol. The van der Waals surface area contributed by atoms with Crippen LogP contribution in [0, 0.1) is 0 Å². The molecule has 0 aliphatic heterocycles. The number of pyridine rings is 1. The average molecular weight is 278 g/mol. The van der Waals surface area contributed by atoms with Crippen LogP contribution in [0.25, 0.3) is 0 Å². The van der Waals surface area contributed by atoms with Gasteiger partial charge in [0.05, 0.1) is 12.2 Å². The van der Waals surface area contributed by atoms with E-state index in [2.05, 4.69) is 24.1 Å². The van der Waals surface area contributed by atoms with E-state index in [1.54, 1.807) is 19.2 Å². The average Bonchev–Trinajstić information content (AvgIpc) is 2.46. The van der Waals surface area contributed by atoms with Gasteiger partial charge in [0.25, 0.3) is 0 Å². The lowest BCUT2D eigenvalue weighted by atomic mass is 10.1. The van der Waals surface area contributed by atoms with Crippen molar-refractivity contribution >= 4 is 11.8 Å². The molecule has 112 valence electrons. The monoisotopic (exact) mass is 278 g/mol. The van der Waals surface area contributed by atoms with Gasteiger partial charge >= 0.3 is 5.97 Å². The van der Waals surface area contributed by atoms with Gasteiger partial charge in [-0.15, -0.1) is 0 Å². The molecule has 0 saturated carbocycles. The van der Waals surface area contributed by atoms with Crippen molar-refractivity contribution in [1.29, 1.82) is 0 Å². The molecule has 1 atom stereocenters. The molecule has 4 nitrogen and oxygen atoms in total. The van der Waals surface area contributed by atoms with Crippen molar-refractivity contribution in [3.63, 3.8) is 0 Å². The maximum Gasteiger partial charge on any atom is 0.339 e. The van der Waals surface area contributed by atoms with E-state index in [0.29, 0.717) is 18.2 Å². The van der Waals surface area contributed by atoms with Gasteiger partial charge in [-0.3, -0.25) is 0 Å². The van der Waals surface area contributed by atoms with Crippen molar-refractivity contribution in [2.45, 2.75) is 58.9 Å². The minimum atomic E-state index is -0.317. The SMILES string of the molecule is CCCCC(CCC)Nc1ccc(C(=O)OCC)cn1. The van der Waals surface area contributed by atoms with E-state index in [9.17, 15) is 4.79 Å². The number of nitrogens with zero attached hydrogens (tertiary/aromatic N) is 1. The Labute approximate surface area is 121 Å². The number of unbranched alkanes of at least 4 members (excludes halogenated alkanes) is 1. The van der Waals surface area contributed by atoms with Gasteiger partial charge in [-0.1, -0.05) is 33.1 Å². The molecular weight excluding hydrogens is 252 g/mol. The minimum Gasteiger partial charge on any atom is -0.462 e. The molecule has 0 amide bonds. The lowest BCUT2D eigenvalue weighted by molar-refractivity contribution is 0.0526. The van der Waals surface area contributed by atoms with Crippen molar-refractivity contribution < 1.29 is 9.53 Å². The Balaban J connectivity index is 2.59. The van der Waals surface area contributed by atoms with Crippen LogP contribution in [0.3, 0.4) is 0 Å². The van der Waals surface area contributed by atoms with Crippen LogP contribution in [0.2, 0.25) is 0 Å². The molecule has 0 spiro atoms. The second kappa shape index (κ2) is 9.34. The molecule has 0 aliphatic carbocycles. The summed E-state index contributed by atoms with van der Waals surface area (Å²) in [5.41, 5.74) is 0.498. The molecule has 1 aromatic heterocycles. The largest absolute Gasteiger partial charge is 0.462 e. The van der Waals surface area contributed by atoms with Gasteiger partial charge in [0.15, 0.2) is 0 Å². The Morgan fingerprint density at radius 3 is 2.60 bits per heavy atom. The number of anilines is 1. The molecule has 0 saturated heterocycles. The van der Waals surface area contributed by atoms with Crippen LogP contribution in [0.5, 0.6) is 0 Å². The van der Waals surface area contributed by atoms with E-state index in [4.69, 9.17) is 4.74 Å². The van der Waals surface area contributed by atoms with E-state index in [1.165, 1.54) is 12.8 Å². The summed E-state index contributed by atoms with van der Waals surface area (Å²) in [5.74, 6) is 0.509. The number of nitrogens with one attached hydrogen (secondary N) is 1. The Morgan fingerprint density at radius 2 is 2.05 bits per heavy atom. The highest BCUT2D eigenvalue weighted by Gasteiger charge is 2.10. The fourth-order valence-corrected chi connectivity index (χ4v) is 2.11. The first-order valence-electron chi connectivity index (χ1n) is 7.60. The van der Waals surface area contributed by atoms with Gasteiger partial charge in [-0.25, -0.2) is 9.78 Å². The number of carbonyl (C=O) groups is 1. The summed E-state index contributed by atoms with van der Waals surface area (Å²) in [6, 6.07) is 4.07. The van der Waals surface area contributed by atoms with Crippen LogP contribution >= 0.6 is 0 Å². The number of rotatable bonds is 9. The normalized spacial score (nSPS) is 11.9. The highest BCUT2D eigenvalue weighted by Crippen LogP contribution is 2.14. The minimum absolute atomic E-state index is 0.317. The van der Waals surface area contributed by atoms with Crippen molar-refractivity contribution in [3.8, 4) is 0 Å². The molecule has 1 rings (SSSR count). The van der Waals surface area contributed by atoms with E-state index in [0.717, 1.165) is 25.1 Å². The summed E-state index contributed by atoms with van der Waals surface area (Å²) in [6.45, 7) is 6.58. The predicted octanol–water partition coefficient (Wildman–Crippen LogP) is 4.03. The molecule has 4 heteroatoms. The summed E-state index contributed by atoms with van der Waals surface area (Å²) in [4.78, 5) is 15.8. The highest BCUT2D eigenvalue weighted by atomic mass is 16.5. The third kappa shape index (κ3) is 5.59. The third-order valence-electron chi connectivity index (χ3n) is 3.17. The standard InChI is InChI=1S/C16H26N2O2/c1-4-7-9-14(8-5-2)18-15-11-10-13(12-17-15)16(19)20-6-3/h10-12,14H,4-9H2,1-3H3,(H,17,18). The van der Waals surface area contributed by atoms with Crippen molar-refractivity contribution in [2.24, 2.45) is 0 Å². The first-order chi connectivity index (χ1) is 9.71. The summed E-state index contributed by atoms with van der Waals surface area (Å²) in [7, 11) is 0. The molecule has 1 unspecified atom stereocenters. The van der Waals surface area contributed by atoms with Crippen molar-refractivity contribution in [2.75, 3.05) is 11.9 Å². The van der Waals surface area contributed by atoms with Crippen LogP contribution in [-0.2, 0) is 4.74 Å². The number of carbonyl (C=O) groups excluding carboxylic acids is 1. The van der Waals surface area contributed by atoms with Crippen LogP contribution in [0.1, 0.15) is 63.2 Å². The van der Waals surface area contributed by atoms with E-state index in [-0.39, 0.29) is 5.97 Å². The molecular formula is C16H26N2O2. The number of aromatic nitrogens is 1. The summed E-state index contributed by atoms with van der Waals surface area (Å²) in [5, 5.41) is 3.45. The molecule has 0 aliphatic rings. The van der Waals surface area contributed by atoms with Crippen molar-refractivity contribution in [1.82, 2.24) is 4.98 Å². The van der Waals surface area contributed by atoms with E-state index >= 15 is 0 Å². The Kier molecular flexibility index (Phi) is 7.70. The van der Waals surface area contributed by atoms with Crippen LogP contribution in [0.15, 0.2) is 18.3 Å². The maximum atomic E-state index is 11.5. The Bertz CT molecular complexity index is 390. The molecule has 0 aromatic carbocycles. The molecule has 1 N–H and O–H groups in total. The quantitative estimate of drug-likeness (QED) is 0.693. The number of esters is 1. The molecule has 1 aromatic rings. The fraction of sp³-hybridized carbons (Fsp3) is 0.625. The van der Waals surface area contributed by atoms with E-state index in [1.807, 2.05) is 6.07 Å². The van der Waals surface area contributed by atoms with Gasteiger partial charge in [0, 0.05) is 12.2 Å². The first-order valence-corrected chi connectivity index (χ1v) is 7.60. The number of ether oxygens (including phenoxy) is 1. The van der Waals surface area contributed by atoms with Gasteiger partial charge in [0.2, 0.25) is 0 Å². The van der Waals surface area contributed by atoms with E-state index < -0.39 is 0 Å². The Morgan fingerprint density at radius 1 is 1.25 bits per heavy atom. The van der Waals surface area contributed by atoms with Crippen LogP contribution in [0.4, 0.5) is 5.82 Å².